The highest BCUT2D eigenvalue weighted by Crippen LogP contribution is 2.27. The molecule has 3 aromatic rings. The first-order valence-corrected chi connectivity index (χ1v) is 10.0. The van der Waals surface area contributed by atoms with Crippen LogP contribution in [0.4, 0.5) is 5.69 Å². The molecule has 1 saturated heterocycles. The molecule has 1 N–H and O–H groups in total. The summed E-state index contributed by atoms with van der Waals surface area (Å²) in [6.45, 7) is 4.61. The largest absolute Gasteiger partial charge is 0.346 e. The van der Waals surface area contributed by atoms with E-state index in [4.69, 9.17) is 16.1 Å². The van der Waals surface area contributed by atoms with Crippen molar-refractivity contribution in [2.75, 3.05) is 11.4 Å². The number of aryl methyl sites for hydroxylation is 2. The van der Waals surface area contributed by atoms with E-state index in [0.717, 1.165) is 22.4 Å². The van der Waals surface area contributed by atoms with E-state index >= 15 is 0 Å². The standard InChI is InChI=1S/C22H21ClN4O3/c1-13-3-8-17(11-14(13)2)27-10-9-18(22(27)29)21(28)24-12-19-25-20(26-30-19)15-4-6-16(23)7-5-15/h3-8,11,18H,9-10,12H2,1-2H3,(H,24,28). The summed E-state index contributed by atoms with van der Waals surface area (Å²) in [4.78, 5) is 31.3. The van der Waals surface area contributed by atoms with Gasteiger partial charge in [0.1, 0.15) is 5.92 Å². The molecule has 0 radical (unpaired) electrons. The summed E-state index contributed by atoms with van der Waals surface area (Å²) in [6, 6.07) is 12.9. The lowest BCUT2D eigenvalue weighted by molar-refractivity contribution is -0.132. The minimum atomic E-state index is -0.717. The fraction of sp³-hybridized carbons (Fsp3) is 0.273. The van der Waals surface area contributed by atoms with Crippen molar-refractivity contribution in [2.24, 2.45) is 5.92 Å². The SMILES string of the molecule is Cc1ccc(N2CCC(C(=O)NCc3nc(-c4ccc(Cl)cc4)no3)C2=O)cc1C. The van der Waals surface area contributed by atoms with Crippen molar-refractivity contribution in [2.45, 2.75) is 26.8 Å². The minimum absolute atomic E-state index is 0.0623. The van der Waals surface area contributed by atoms with Crippen molar-refractivity contribution in [3.05, 3.63) is 64.5 Å². The lowest BCUT2D eigenvalue weighted by Crippen LogP contribution is -2.36. The Morgan fingerprint density at radius 2 is 1.97 bits per heavy atom. The summed E-state index contributed by atoms with van der Waals surface area (Å²) in [6.07, 6.45) is 0.470. The van der Waals surface area contributed by atoms with E-state index in [9.17, 15) is 9.59 Å². The predicted molar refractivity (Wildman–Crippen MR) is 113 cm³/mol. The highest BCUT2D eigenvalue weighted by Gasteiger charge is 2.37. The topological polar surface area (TPSA) is 88.3 Å². The molecule has 2 heterocycles. The van der Waals surface area contributed by atoms with Crippen molar-refractivity contribution in [1.82, 2.24) is 15.5 Å². The summed E-state index contributed by atoms with van der Waals surface area (Å²) in [5.74, 6) is -0.565. The lowest BCUT2D eigenvalue weighted by atomic mass is 10.1. The number of carbonyl (C=O) groups excluding carboxylic acids is 2. The number of amides is 2. The van der Waals surface area contributed by atoms with E-state index in [1.54, 1.807) is 29.2 Å². The van der Waals surface area contributed by atoms with Crippen LogP contribution in [-0.4, -0.2) is 28.5 Å². The smallest absolute Gasteiger partial charge is 0.246 e. The zero-order valence-corrected chi connectivity index (χ0v) is 17.4. The van der Waals surface area contributed by atoms with Crippen molar-refractivity contribution in [3.8, 4) is 11.4 Å². The van der Waals surface area contributed by atoms with E-state index in [1.165, 1.54) is 0 Å². The van der Waals surface area contributed by atoms with Gasteiger partial charge in [0.05, 0.1) is 6.54 Å². The molecule has 1 atom stereocenters. The monoisotopic (exact) mass is 424 g/mol. The van der Waals surface area contributed by atoms with Crippen LogP contribution in [0.25, 0.3) is 11.4 Å². The normalized spacial score (nSPS) is 16.2. The van der Waals surface area contributed by atoms with Crippen molar-refractivity contribution < 1.29 is 14.1 Å². The first-order valence-electron chi connectivity index (χ1n) is 9.67. The second kappa shape index (κ2) is 8.28. The fourth-order valence-electron chi connectivity index (χ4n) is 3.40. The molecular formula is C22H21ClN4O3. The molecule has 0 aliphatic carbocycles. The van der Waals surface area contributed by atoms with Gasteiger partial charge in [0.15, 0.2) is 0 Å². The van der Waals surface area contributed by atoms with Crippen molar-refractivity contribution in [1.29, 1.82) is 0 Å². The number of aromatic nitrogens is 2. The maximum atomic E-state index is 12.8. The van der Waals surface area contributed by atoms with Crippen LogP contribution in [0, 0.1) is 19.8 Å². The van der Waals surface area contributed by atoms with E-state index in [0.29, 0.717) is 23.8 Å². The van der Waals surface area contributed by atoms with Gasteiger partial charge in [-0.15, -0.1) is 0 Å². The van der Waals surface area contributed by atoms with E-state index in [2.05, 4.69) is 15.5 Å². The van der Waals surface area contributed by atoms with Crippen LogP contribution in [0.3, 0.4) is 0 Å². The number of nitrogens with zero attached hydrogens (tertiary/aromatic N) is 3. The van der Waals surface area contributed by atoms with Crippen LogP contribution >= 0.6 is 11.6 Å². The van der Waals surface area contributed by atoms with E-state index in [-0.39, 0.29) is 24.2 Å². The Kier molecular flexibility index (Phi) is 5.55. The number of halogens is 1. The number of nitrogens with one attached hydrogen (secondary N) is 1. The summed E-state index contributed by atoms with van der Waals surface area (Å²) >= 11 is 5.88. The summed E-state index contributed by atoms with van der Waals surface area (Å²) in [7, 11) is 0. The fourth-order valence-corrected chi connectivity index (χ4v) is 3.53. The predicted octanol–water partition coefficient (Wildman–Crippen LogP) is 3.68. The number of rotatable bonds is 5. The van der Waals surface area contributed by atoms with Crippen LogP contribution in [-0.2, 0) is 16.1 Å². The third-order valence-electron chi connectivity index (χ3n) is 5.31. The van der Waals surface area contributed by atoms with Gasteiger partial charge in [-0.1, -0.05) is 22.8 Å². The average Bonchev–Trinajstić information content (AvgIpc) is 3.36. The van der Waals surface area contributed by atoms with Crippen LogP contribution in [0.1, 0.15) is 23.4 Å². The Morgan fingerprint density at radius 1 is 1.20 bits per heavy atom. The molecule has 8 heteroatoms. The number of carbonyl (C=O) groups is 2. The number of hydrogen-bond acceptors (Lipinski definition) is 5. The minimum Gasteiger partial charge on any atom is -0.346 e. The molecule has 1 aliphatic rings. The Labute approximate surface area is 179 Å². The zero-order valence-electron chi connectivity index (χ0n) is 16.7. The molecule has 0 bridgehead atoms. The molecular weight excluding hydrogens is 404 g/mol. The number of benzene rings is 2. The summed E-state index contributed by atoms with van der Waals surface area (Å²) < 4.78 is 5.20. The molecule has 30 heavy (non-hydrogen) atoms. The van der Waals surface area contributed by atoms with Gasteiger partial charge in [-0.3, -0.25) is 9.59 Å². The van der Waals surface area contributed by atoms with E-state index < -0.39 is 5.92 Å². The number of hydrogen-bond donors (Lipinski definition) is 1. The van der Waals surface area contributed by atoms with Gasteiger partial charge in [0.25, 0.3) is 0 Å². The zero-order chi connectivity index (χ0) is 21.3. The van der Waals surface area contributed by atoms with Crippen molar-refractivity contribution >= 4 is 29.1 Å². The van der Waals surface area contributed by atoms with Crippen molar-refractivity contribution in [3.63, 3.8) is 0 Å². The first kappa shape index (κ1) is 20.1. The Balaban J connectivity index is 1.37. The molecule has 0 saturated carbocycles. The second-order valence-electron chi connectivity index (χ2n) is 7.34. The van der Waals surface area contributed by atoms with E-state index in [1.807, 2.05) is 32.0 Å². The van der Waals surface area contributed by atoms with Gasteiger partial charge in [0, 0.05) is 22.8 Å². The van der Waals surface area contributed by atoms with Crippen LogP contribution in [0.2, 0.25) is 5.02 Å². The third kappa shape index (κ3) is 4.07. The Hall–Kier alpha value is -3.19. The number of anilines is 1. The third-order valence-corrected chi connectivity index (χ3v) is 5.56. The second-order valence-corrected chi connectivity index (χ2v) is 7.77. The highest BCUT2D eigenvalue weighted by molar-refractivity contribution is 6.30. The summed E-state index contributed by atoms with van der Waals surface area (Å²) in [5, 5.41) is 7.27. The first-order chi connectivity index (χ1) is 14.4. The molecule has 1 aliphatic heterocycles. The van der Waals surface area contributed by atoms with Crippen LogP contribution in [0.5, 0.6) is 0 Å². The molecule has 0 spiro atoms. The van der Waals surface area contributed by atoms with Gasteiger partial charge in [0.2, 0.25) is 23.5 Å². The van der Waals surface area contributed by atoms with Crippen LogP contribution in [0.15, 0.2) is 47.0 Å². The molecule has 1 unspecified atom stereocenters. The van der Waals surface area contributed by atoms with Gasteiger partial charge in [-0.25, -0.2) is 0 Å². The Bertz CT molecular complexity index is 1090. The summed E-state index contributed by atoms with van der Waals surface area (Å²) in [5.41, 5.74) is 3.86. The van der Waals surface area contributed by atoms with Gasteiger partial charge >= 0.3 is 0 Å². The maximum Gasteiger partial charge on any atom is 0.246 e. The lowest BCUT2D eigenvalue weighted by Gasteiger charge is -2.18. The molecule has 1 aromatic heterocycles. The molecule has 154 valence electrons. The molecule has 1 fully saturated rings. The molecule has 2 amide bonds. The maximum absolute atomic E-state index is 12.8. The molecule has 4 rings (SSSR count). The highest BCUT2D eigenvalue weighted by atomic mass is 35.5. The molecule has 2 aromatic carbocycles. The average molecular weight is 425 g/mol. The van der Waals surface area contributed by atoms with Gasteiger partial charge < -0.3 is 14.7 Å². The van der Waals surface area contributed by atoms with Crippen LogP contribution < -0.4 is 10.2 Å². The quantitative estimate of drug-likeness (QED) is 0.631. The van der Waals surface area contributed by atoms with Gasteiger partial charge in [-0.05, 0) is 67.8 Å². The van der Waals surface area contributed by atoms with Gasteiger partial charge in [-0.2, -0.15) is 4.98 Å². The Morgan fingerprint density at radius 3 is 2.70 bits per heavy atom. The molecule has 7 nitrogen and oxygen atoms in total.